The number of aromatic nitrogens is 1. The molecule has 2 N–H and O–H groups in total. The van der Waals surface area contributed by atoms with Crippen molar-refractivity contribution < 1.29 is 0 Å². The van der Waals surface area contributed by atoms with Crippen LogP contribution in [0.15, 0.2) is 35.5 Å². The van der Waals surface area contributed by atoms with Crippen molar-refractivity contribution in [3.05, 3.63) is 51.5 Å². The molecule has 1 atom stereocenters. The quantitative estimate of drug-likeness (QED) is 0.632. The SMILES string of the molecule is CN=C(NCCc1ccc(C)nc1)NC(C)Cc1ccc(C)s1. The lowest BCUT2D eigenvalue weighted by atomic mass is 10.2. The molecule has 0 aliphatic heterocycles. The summed E-state index contributed by atoms with van der Waals surface area (Å²) in [7, 11) is 1.81. The number of aliphatic imine (C=N–C) groups is 1. The molecule has 4 nitrogen and oxygen atoms in total. The van der Waals surface area contributed by atoms with Crippen LogP contribution in [-0.2, 0) is 12.8 Å². The number of nitrogens with one attached hydrogen (secondary N) is 2. The predicted octanol–water partition coefficient (Wildman–Crippen LogP) is 3.10. The maximum Gasteiger partial charge on any atom is 0.191 e. The summed E-state index contributed by atoms with van der Waals surface area (Å²) in [5.74, 6) is 0.853. The van der Waals surface area contributed by atoms with Crippen LogP contribution in [0.5, 0.6) is 0 Å². The first-order chi connectivity index (χ1) is 11.1. The largest absolute Gasteiger partial charge is 0.356 e. The molecule has 2 aromatic rings. The number of hydrogen-bond acceptors (Lipinski definition) is 3. The fourth-order valence-electron chi connectivity index (χ4n) is 2.35. The van der Waals surface area contributed by atoms with Gasteiger partial charge in [-0.1, -0.05) is 6.07 Å². The number of guanidine groups is 1. The monoisotopic (exact) mass is 330 g/mol. The van der Waals surface area contributed by atoms with Crippen LogP contribution in [0.4, 0.5) is 0 Å². The molecule has 0 spiro atoms. The molecular formula is C18H26N4S. The maximum absolute atomic E-state index is 4.32. The summed E-state index contributed by atoms with van der Waals surface area (Å²) < 4.78 is 0. The van der Waals surface area contributed by atoms with Crippen LogP contribution in [0, 0.1) is 13.8 Å². The first kappa shape index (κ1) is 17.5. The molecule has 2 aromatic heterocycles. The number of rotatable bonds is 6. The van der Waals surface area contributed by atoms with Crippen molar-refractivity contribution in [3.8, 4) is 0 Å². The highest BCUT2D eigenvalue weighted by Crippen LogP contribution is 2.16. The van der Waals surface area contributed by atoms with Crippen molar-refractivity contribution in [2.75, 3.05) is 13.6 Å². The van der Waals surface area contributed by atoms with Gasteiger partial charge in [0, 0.05) is 47.7 Å². The molecular weight excluding hydrogens is 304 g/mol. The van der Waals surface area contributed by atoms with Crippen molar-refractivity contribution in [2.24, 2.45) is 4.99 Å². The zero-order valence-electron chi connectivity index (χ0n) is 14.4. The van der Waals surface area contributed by atoms with E-state index in [1.165, 1.54) is 15.3 Å². The van der Waals surface area contributed by atoms with Gasteiger partial charge >= 0.3 is 0 Å². The van der Waals surface area contributed by atoms with E-state index in [4.69, 9.17) is 0 Å². The minimum absolute atomic E-state index is 0.347. The number of hydrogen-bond donors (Lipinski definition) is 2. The van der Waals surface area contributed by atoms with E-state index in [9.17, 15) is 0 Å². The Hall–Kier alpha value is -1.88. The predicted molar refractivity (Wildman–Crippen MR) is 99.4 cm³/mol. The van der Waals surface area contributed by atoms with Gasteiger partial charge in [-0.2, -0.15) is 0 Å². The molecule has 2 rings (SSSR count). The van der Waals surface area contributed by atoms with E-state index in [1.54, 1.807) is 0 Å². The molecule has 0 amide bonds. The molecule has 124 valence electrons. The van der Waals surface area contributed by atoms with E-state index >= 15 is 0 Å². The first-order valence-electron chi connectivity index (χ1n) is 8.01. The van der Waals surface area contributed by atoms with Crippen LogP contribution in [0.3, 0.4) is 0 Å². The number of pyridine rings is 1. The molecule has 0 bridgehead atoms. The molecule has 0 aliphatic carbocycles. The van der Waals surface area contributed by atoms with Gasteiger partial charge in [-0.25, -0.2) is 0 Å². The second-order valence-corrected chi connectivity index (χ2v) is 7.19. The van der Waals surface area contributed by atoms with Gasteiger partial charge in [-0.3, -0.25) is 9.98 Å². The van der Waals surface area contributed by atoms with Crippen LogP contribution in [0.25, 0.3) is 0 Å². The second kappa shape index (κ2) is 8.67. The summed E-state index contributed by atoms with van der Waals surface area (Å²) >= 11 is 1.86. The lowest BCUT2D eigenvalue weighted by Crippen LogP contribution is -2.43. The number of aryl methyl sites for hydroxylation is 2. The highest BCUT2D eigenvalue weighted by molar-refractivity contribution is 7.11. The van der Waals surface area contributed by atoms with Crippen molar-refractivity contribution in [3.63, 3.8) is 0 Å². The molecule has 23 heavy (non-hydrogen) atoms. The summed E-state index contributed by atoms with van der Waals surface area (Å²) in [6.45, 7) is 7.18. The molecule has 0 saturated carbocycles. The number of thiophene rings is 1. The van der Waals surface area contributed by atoms with Crippen molar-refractivity contribution in [1.29, 1.82) is 0 Å². The summed E-state index contributed by atoms with van der Waals surface area (Å²) in [5.41, 5.74) is 2.29. The third-order valence-corrected chi connectivity index (χ3v) is 4.61. The summed E-state index contributed by atoms with van der Waals surface area (Å²) in [5, 5.41) is 6.82. The second-order valence-electron chi connectivity index (χ2n) is 5.82. The fraction of sp³-hybridized carbons (Fsp3) is 0.444. The van der Waals surface area contributed by atoms with Gasteiger partial charge in [0.2, 0.25) is 0 Å². The standard InChI is InChI=1S/C18H26N4S/c1-13-5-7-16(12-21-13)9-10-20-18(19-4)22-14(2)11-17-8-6-15(3)23-17/h5-8,12,14H,9-11H2,1-4H3,(H2,19,20,22). The molecule has 0 radical (unpaired) electrons. The van der Waals surface area contributed by atoms with Crippen LogP contribution >= 0.6 is 11.3 Å². The van der Waals surface area contributed by atoms with Gasteiger partial charge < -0.3 is 10.6 Å². The van der Waals surface area contributed by atoms with Gasteiger partial charge in [-0.05, 0) is 51.0 Å². The molecule has 0 aromatic carbocycles. The molecule has 2 heterocycles. The van der Waals surface area contributed by atoms with E-state index in [0.29, 0.717) is 6.04 Å². The maximum atomic E-state index is 4.32. The topological polar surface area (TPSA) is 49.3 Å². The highest BCUT2D eigenvalue weighted by atomic mass is 32.1. The minimum atomic E-state index is 0.347. The first-order valence-corrected chi connectivity index (χ1v) is 8.82. The van der Waals surface area contributed by atoms with Crippen molar-refractivity contribution >= 4 is 17.3 Å². The lowest BCUT2D eigenvalue weighted by Gasteiger charge is -2.17. The van der Waals surface area contributed by atoms with Gasteiger partial charge in [-0.15, -0.1) is 11.3 Å². The van der Waals surface area contributed by atoms with E-state index in [-0.39, 0.29) is 0 Å². The minimum Gasteiger partial charge on any atom is -0.356 e. The van der Waals surface area contributed by atoms with E-state index in [0.717, 1.165) is 31.0 Å². The number of nitrogens with zero attached hydrogens (tertiary/aromatic N) is 2. The lowest BCUT2D eigenvalue weighted by molar-refractivity contribution is 0.644. The normalized spacial score (nSPS) is 13.0. The highest BCUT2D eigenvalue weighted by Gasteiger charge is 2.07. The van der Waals surface area contributed by atoms with Gasteiger partial charge in [0.15, 0.2) is 5.96 Å². The van der Waals surface area contributed by atoms with Gasteiger partial charge in [0.1, 0.15) is 0 Å². The third-order valence-electron chi connectivity index (χ3n) is 3.59. The van der Waals surface area contributed by atoms with Crippen molar-refractivity contribution in [2.45, 2.75) is 39.7 Å². The summed E-state index contributed by atoms with van der Waals surface area (Å²) in [6.07, 6.45) is 3.89. The van der Waals surface area contributed by atoms with Crippen LogP contribution in [0.2, 0.25) is 0 Å². The fourth-order valence-corrected chi connectivity index (χ4v) is 3.37. The van der Waals surface area contributed by atoms with Gasteiger partial charge in [0.05, 0.1) is 0 Å². The Kier molecular flexibility index (Phi) is 6.59. The molecule has 5 heteroatoms. The van der Waals surface area contributed by atoms with E-state index in [1.807, 2.05) is 37.6 Å². The summed E-state index contributed by atoms with van der Waals surface area (Å²) in [4.78, 5) is 11.4. The Morgan fingerprint density at radius 2 is 2.09 bits per heavy atom. The average Bonchev–Trinajstić information content (AvgIpc) is 2.93. The Morgan fingerprint density at radius 1 is 1.26 bits per heavy atom. The van der Waals surface area contributed by atoms with Crippen LogP contribution in [0.1, 0.15) is 27.9 Å². The summed E-state index contributed by atoms with van der Waals surface area (Å²) in [6, 6.07) is 8.91. The molecule has 0 saturated heterocycles. The zero-order chi connectivity index (χ0) is 16.7. The van der Waals surface area contributed by atoms with E-state index in [2.05, 4.69) is 52.7 Å². The Bertz CT molecular complexity index is 631. The smallest absolute Gasteiger partial charge is 0.191 e. The average molecular weight is 331 g/mol. The Labute approximate surface area is 143 Å². The van der Waals surface area contributed by atoms with Crippen LogP contribution < -0.4 is 10.6 Å². The molecule has 0 aliphatic rings. The Morgan fingerprint density at radius 3 is 2.70 bits per heavy atom. The molecule has 1 unspecified atom stereocenters. The van der Waals surface area contributed by atoms with Gasteiger partial charge in [0.25, 0.3) is 0 Å². The van der Waals surface area contributed by atoms with E-state index < -0.39 is 0 Å². The zero-order valence-corrected chi connectivity index (χ0v) is 15.2. The molecule has 0 fully saturated rings. The third kappa shape index (κ3) is 6.02. The Balaban J connectivity index is 1.75. The van der Waals surface area contributed by atoms with Crippen molar-refractivity contribution in [1.82, 2.24) is 15.6 Å². The van der Waals surface area contributed by atoms with Crippen LogP contribution in [-0.4, -0.2) is 30.6 Å².